The second kappa shape index (κ2) is 21.6. The van der Waals surface area contributed by atoms with E-state index in [1.54, 1.807) is 34.9 Å². The first-order valence-corrected chi connectivity index (χ1v) is 19.9. The molecular weight excluding hydrogens is 805 g/mol. The fourth-order valence-corrected chi connectivity index (χ4v) is 7.05. The van der Waals surface area contributed by atoms with Gasteiger partial charge in [0.15, 0.2) is 17.0 Å². The number of carboxylic acid groups (broad SMARTS) is 1. The van der Waals surface area contributed by atoms with Crippen molar-refractivity contribution in [2.45, 2.75) is 56.7 Å². The lowest BCUT2D eigenvalue weighted by Gasteiger charge is -2.25. The van der Waals surface area contributed by atoms with Crippen molar-refractivity contribution in [3.63, 3.8) is 0 Å². The summed E-state index contributed by atoms with van der Waals surface area (Å²) in [5, 5.41) is 17.2. The van der Waals surface area contributed by atoms with Gasteiger partial charge in [0.1, 0.15) is 43.5 Å². The van der Waals surface area contributed by atoms with E-state index >= 15 is 0 Å². The molecule has 318 valence electrons. The summed E-state index contributed by atoms with van der Waals surface area (Å²) in [5.41, 5.74) is 1.96. The van der Waals surface area contributed by atoms with Crippen LogP contribution in [0.15, 0.2) is 98.6 Å². The Labute approximate surface area is 343 Å². The van der Waals surface area contributed by atoms with Crippen LogP contribution in [0.1, 0.15) is 30.7 Å². The number of ether oxygens (including phenoxy) is 3. The molecule has 0 bridgehead atoms. The molecule has 1 saturated heterocycles. The average molecular weight is 850 g/mol. The number of phosphoric ester groups is 1. The summed E-state index contributed by atoms with van der Waals surface area (Å²) < 4.78 is 48.8. The molecule has 3 amide bonds. The van der Waals surface area contributed by atoms with Gasteiger partial charge in [-0.3, -0.25) is 32.5 Å². The lowest BCUT2D eigenvalue weighted by atomic mass is 10.1. The highest BCUT2D eigenvalue weighted by molar-refractivity contribution is 7.48. The molecule has 2 aromatic carbocycles. The molecule has 0 aliphatic carbocycles. The summed E-state index contributed by atoms with van der Waals surface area (Å²) in [6, 6.07) is 14.6. The SMILES string of the molecule is C=CCOC(=O)N[C@@H](COP(=O)(OCC=C)OC[C@H]1O[C@@H](n2cnc3c(NC(=O)Cc4ccccc4)ncnc32)C[C@@H]1OC(C)=O)C(=O)N[C@@H](Cc1ccccc1)C(=O)O. The fourth-order valence-electron chi connectivity index (χ4n) is 5.88. The minimum absolute atomic E-state index is 0.0597. The highest BCUT2D eigenvalue weighted by atomic mass is 31.2. The summed E-state index contributed by atoms with van der Waals surface area (Å²) in [6.07, 6.45) is 1.27. The first-order valence-electron chi connectivity index (χ1n) is 18.5. The highest BCUT2D eigenvalue weighted by Crippen LogP contribution is 2.50. The van der Waals surface area contributed by atoms with Crippen LogP contribution < -0.4 is 16.0 Å². The van der Waals surface area contributed by atoms with Crippen LogP contribution in [0.25, 0.3) is 11.2 Å². The van der Waals surface area contributed by atoms with Crippen LogP contribution >= 0.6 is 7.82 Å². The number of carboxylic acids is 1. The van der Waals surface area contributed by atoms with Gasteiger partial charge in [0.2, 0.25) is 11.8 Å². The minimum atomic E-state index is -4.66. The van der Waals surface area contributed by atoms with Crippen molar-refractivity contribution in [1.29, 1.82) is 0 Å². The van der Waals surface area contributed by atoms with Gasteiger partial charge in [-0.05, 0) is 11.1 Å². The number of nitrogens with one attached hydrogen (secondary N) is 3. The van der Waals surface area contributed by atoms with Gasteiger partial charge in [0.05, 0.1) is 32.6 Å². The molecular formula is C39H44N7O13P. The third-order valence-corrected chi connectivity index (χ3v) is 10.0. The number of rotatable bonds is 22. The van der Waals surface area contributed by atoms with E-state index in [2.05, 4.69) is 44.1 Å². The number of aromatic nitrogens is 4. The van der Waals surface area contributed by atoms with Crippen molar-refractivity contribution < 1.29 is 61.4 Å². The zero-order chi connectivity index (χ0) is 43.1. The predicted molar refractivity (Wildman–Crippen MR) is 212 cm³/mol. The topological polar surface area (TPSA) is 258 Å². The number of alkyl carbamates (subject to hydrolysis) is 1. The molecule has 60 heavy (non-hydrogen) atoms. The van der Waals surface area contributed by atoms with Gasteiger partial charge >= 0.3 is 25.9 Å². The Bertz CT molecular complexity index is 2190. The van der Waals surface area contributed by atoms with Gasteiger partial charge < -0.3 is 35.3 Å². The molecule has 21 heteroatoms. The molecule has 3 heterocycles. The molecule has 1 aliphatic heterocycles. The normalized spacial score (nSPS) is 18.0. The zero-order valence-corrected chi connectivity index (χ0v) is 33.3. The fraction of sp³-hybridized carbons (Fsp3) is 0.333. The Morgan fingerprint density at radius 1 is 0.933 bits per heavy atom. The van der Waals surface area contributed by atoms with Crippen molar-refractivity contribution in [2.24, 2.45) is 0 Å². The largest absolute Gasteiger partial charge is 0.480 e. The van der Waals surface area contributed by atoms with Crippen molar-refractivity contribution in [3.05, 3.63) is 110 Å². The van der Waals surface area contributed by atoms with Crippen molar-refractivity contribution in [2.75, 3.05) is 31.7 Å². The van der Waals surface area contributed by atoms with Gasteiger partial charge in [0, 0.05) is 19.8 Å². The number of aliphatic carboxylic acids is 1. The molecule has 4 N–H and O–H groups in total. The molecule has 1 unspecified atom stereocenters. The van der Waals surface area contributed by atoms with Crippen molar-refractivity contribution >= 4 is 54.7 Å². The van der Waals surface area contributed by atoms with E-state index in [0.29, 0.717) is 5.56 Å². The van der Waals surface area contributed by atoms with Gasteiger partial charge in [-0.1, -0.05) is 79.4 Å². The zero-order valence-electron chi connectivity index (χ0n) is 32.4. The summed E-state index contributed by atoms with van der Waals surface area (Å²) in [4.78, 5) is 76.0. The van der Waals surface area contributed by atoms with Gasteiger partial charge in [0.25, 0.3) is 0 Å². The highest BCUT2D eigenvalue weighted by Gasteiger charge is 2.42. The quantitative estimate of drug-likeness (QED) is 0.0500. The number of hydrogen-bond acceptors (Lipinski definition) is 15. The standard InChI is InChI=1S/C39H44N7O13P/c1-4-16-54-39(52)44-29(37(49)43-28(38(50)51)18-26-12-8-6-9-13-26)21-56-60(53,55-17-5-2)57-22-31-30(58-25(3)47)20-33(59-31)46-24-42-34-35(40-23-41-36(34)46)45-32(48)19-27-14-10-7-11-15-27/h4-15,23-24,28-31,33H,1-2,16-22H2,3H3,(H,43,49)(H,44,52)(H,50,51)(H,40,41,45,48)/t28-,29-,30-,31+,33+,60?/m0/s1. The lowest BCUT2D eigenvalue weighted by Crippen LogP contribution is -2.54. The third-order valence-electron chi connectivity index (χ3n) is 8.62. The number of imidazole rings is 1. The molecule has 0 radical (unpaired) electrons. The molecule has 0 spiro atoms. The molecule has 1 fully saturated rings. The Balaban J connectivity index is 1.29. The van der Waals surface area contributed by atoms with E-state index in [1.807, 2.05) is 30.3 Å². The summed E-state index contributed by atoms with van der Waals surface area (Å²) in [5.74, 6) is -3.18. The molecule has 2 aromatic heterocycles. The van der Waals surface area contributed by atoms with Crippen molar-refractivity contribution in [1.82, 2.24) is 30.2 Å². The summed E-state index contributed by atoms with van der Waals surface area (Å²) in [7, 11) is -4.66. The van der Waals surface area contributed by atoms with E-state index in [4.69, 9.17) is 27.8 Å². The van der Waals surface area contributed by atoms with E-state index in [1.165, 1.54) is 31.7 Å². The number of phosphoric acid groups is 1. The number of nitrogens with zero attached hydrogens (tertiary/aromatic N) is 4. The molecule has 1 aliphatic rings. The molecule has 20 nitrogen and oxygen atoms in total. The Kier molecular flexibility index (Phi) is 16.1. The Morgan fingerprint density at radius 3 is 2.30 bits per heavy atom. The molecule has 4 aromatic rings. The molecule has 5 rings (SSSR count). The maximum Gasteiger partial charge on any atom is 0.475 e. The third kappa shape index (κ3) is 12.8. The Morgan fingerprint density at radius 2 is 1.63 bits per heavy atom. The number of fused-ring (bicyclic) bond motifs is 1. The summed E-state index contributed by atoms with van der Waals surface area (Å²) in [6.45, 7) is 6.22. The molecule has 0 saturated carbocycles. The monoisotopic (exact) mass is 849 g/mol. The average Bonchev–Trinajstić information content (AvgIpc) is 3.84. The minimum Gasteiger partial charge on any atom is -0.480 e. The number of anilines is 1. The molecule has 6 atom stereocenters. The van der Waals surface area contributed by atoms with Crippen LogP contribution in [-0.2, 0) is 64.4 Å². The van der Waals surface area contributed by atoms with E-state index in [-0.39, 0.29) is 55.4 Å². The maximum atomic E-state index is 14.0. The van der Waals surface area contributed by atoms with Crippen LogP contribution in [0, 0.1) is 0 Å². The number of carbonyl (C=O) groups is 5. The first kappa shape index (κ1) is 44.8. The van der Waals surface area contributed by atoms with E-state index in [0.717, 1.165) is 5.56 Å². The predicted octanol–water partition coefficient (Wildman–Crippen LogP) is 3.66. The summed E-state index contributed by atoms with van der Waals surface area (Å²) >= 11 is 0. The van der Waals surface area contributed by atoms with Crippen LogP contribution in [-0.4, -0.2) is 105 Å². The van der Waals surface area contributed by atoms with E-state index in [9.17, 15) is 33.6 Å². The smallest absolute Gasteiger partial charge is 0.475 e. The van der Waals surface area contributed by atoms with Crippen LogP contribution in [0.2, 0.25) is 0 Å². The number of amides is 3. The van der Waals surface area contributed by atoms with Crippen LogP contribution in [0.4, 0.5) is 10.6 Å². The maximum absolute atomic E-state index is 14.0. The Hall–Kier alpha value is -6.31. The van der Waals surface area contributed by atoms with E-state index < -0.39 is 75.5 Å². The first-order chi connectivity index (χ1) is 28.9. The van der Waals surface area contributed by atoms with Gasteiger partial charge in [-0.15, -0.1) is 6.58 Å². The second-order valence-corrected chi connectivity index (χ2v) is 14.7. The number of esters is 1. The van der Waals surface area contributed by atoms with Crippen molar-refractivity contribution in [3.8, 4) is 0 Å². The number of hydrogen-bond donors (Lipinski definition) is 4. The lowest BCUT2D eigenvalue weighted by molar-refractivity contribution is -0.150. The van der Waals surface area contributed by atoms with Gasteiger partial charge in [-0.2, -0.15) is 0 Å². The second-order valence-electron chi connectivity index (χ2n) is 13.1. The number of benzene rings is 2. The van der Waals surface area contributed by atoms with Crippen LogP contribution in [0.5, 0.6) is 0 Å². The van der Waals surface area contributed by atoms with Gasteiger partial charge in [-0.25, -0.2) is 29.1 Å². The van der Waals surface area contributed by atoms with Crippen LogP contribution in [0.3, 0.4) is 0 Å². The number of carbonyl (C=O) groups excluding carboxylic acids is 4.